The van der Waals surface area contributed by atoms with Crippen molar-refractivity contribution in [1.29, 1.82) is 0 Å². The molecule has 5 nitrogen and oxygen atoms in total. The van der Waals surface area contributed by atoms with Gasteiger partial charge in [0.1, 0.15) is 5.75 Å². The van der Waals surface area contributed by atoms with Crippen LogP contribution in [0.25, 0.3) is 0 Å². The molecule has 0 radical (unpaired) electrons. The molecule has 0 aliphatic heterocycles. The molecule has 0 bridgehead atoms. The number of carbonyl (C=O) groups excluding carboxylic acids is 2. The molecule has 154 valence electrons. The molecule has 2 N–H and O–H groups in total. The van der Waals surface area contributed by atoms with Gasteiger partial charge in [-0.3, -0.25) is 9.59 Å². The van der Waals surface area contributed by atoms with Gasteiger partial charge in [-0.2, -0.15) is 0 Å². The number of hydrogen-bond acceptors (Lipinski definition) is 3. The zero-order valence-corrected chi connectivity index (χ0v) is 17.2. The second-order valence-corrected chi connectivity index (χ2v) is 7.92. The van der Waals surface area contributed by atoms with Crippen LogP contribution in [0.5, 0.6) is 5.75 Å². The Balaban J connectivity index is 1.55. The lowest BCUT2D eigenvalue weighted by Gasteiger charge is -2.22. The van der Waals surface area contributed by atoms with E-state index in [1.807, 2.05) is 24.3 Å². The number of rotatable bonds is 7. The molecule has 0 spiro atoms. The SMILES string of the molecule is CC(C)c1ccccc1OCC(=O)Nc1cccc(C(=O)NC2CCCCC2)c1. The summed E-state index contributed by atoms with van der Waals surface area (Å²) in [7, 11) is 0. The first kappa shape index (κ1) is 20.9. The second-order valence-electron chi connectivity index (χ2n) is 7.92. The van der Waals surface area contributed by atoms with Gasteiger partial charge in [-0.15, -0.1) is 0 Å². The number of para-hydroxylation sites is 1. The minimum absolute atomic E-state index is 0.0811. The Morgan fingerprint density at radius 2 is 1.79 bits per heavy atom. The van der Waals surface area contributed by atoms with Crippen LogP contribution in [0.2, 0.25) is 0 Å². The maximum atomic E-state index is 12.5. The number of carbonyl (C=O) groups is 2. The highest BCUT2D eigenvalue weighted by Gasteiger charge is 2.17. The first-order valence-electron chi connectivity index (χ1n) is 10.5. The molecule has 1 saturated carbocycles. The average molecular weight is 395 g/mol. The Hall–Kier alpha value is -2.82. The molecular weight excluding hydrogens is 364 g/mol. The predicted octanol–water partition coefficient (Wildman–Crippen LogP) is 4.89. The number of nitrogens with one attached hydrogen (secondary N) is 2. The van der Waals surface area contributed by atoms with Gasteiger partial charge in [-0.1, -0.05) is 57.4 Å². The molecule has 1 aliphatic carbocycles. The van der Waals surface area contributed by atoms with E-state index >= 15 is 0 Å². The summed E-state index contributed by atoms with van der Waals surface area (Å²) < 4.78 is 5.72. The van der Waals surface area contributed by atoms with Gasteiger partial charge in [-0.25, -0.2) is 0 Å². The fraction of sp³-hybridized carbons (Fsp3) is 0.417. The van der Waals surface area contributed by atoms with Crippen LogP contribution in [-0.4, -0.2) is 24.5 Å². The molecule has 5 heteroatoms. The lowest BCUT2D eigenvalue weighted by molar-refractivity contribution is -0.118. The summed E-state index contributed by atoms with van der Waals surface area (Å²) in [4.78, 5) is 24.8. The zero-order valence-electron chi connectivity index (χ0n) is 17.2. The lowest BCUT2D eigenvalue weighted by Crippen LogP contribution is -2.36. The van der Waals surface area contributed by atoms with E-state index in [-0.39, 0.29) is 24.5 Å². The van der Waals surface area contributed by atoms with E-state index in [0.29, 0.717) is 17.2 Å². The third-order valence-electron chi connectivity index (χ3n) is 5.25. The van der Waals surface area contributed by atoms with Crippen molar-refractivity contribution in [3.05, 3.63) is 59.7 Å². The van der Waals surface area contributed by atoms with Crippen molar-refractivity contribution in [3.8, 4) is 5.75 Å². The van der Waals surface area contributed by atoms with Crippen molar-refractivity contribution in [2.75, 3.05) is 11.9 Å². The van der Waals surface area contributed by atoms with E-state index in [0.717, 1.165) is 24.2 Å². The molecule has 2 aromatic carbocycles. The van der Waals surface area contributed by atoms with Crippen LogP contribution in [0.3, 0.4) is 0 Å². The molecule has 1 fully saturated rings. The highest BCUT2D eigenvalue weighted by molar-refractivity contribution is 5.97. The van der Waals surface area contributed by atoms with Crippen LogP contribution in [0.1, 0.15) is 67.8 Å². The maximum absolute atomic E-state index is 12.5. The third kappa shape index (κ3) is 6.08. The third-order valence-corrected chi connectivity index (χ3v) is 5.25. The quantitative estimate of drug-likeness (QED) is 0.703. The zero-order chi connectivity index (χ0) is 20.6. The minimum atomic E-state index is -0.256. The van der Waals surface area contributed by atoms with Crippen LogP contribution in [0, 0.1) is 0 Å². The number of hydrogen-bond donors (Lipinski definition) is 2. The van der Waals surface area contributed by atoms with E-state index in [4.69, 9.17) is 4.74 Å². The molecule has 0 atom stereocenters. The van der Waals surface area contributed by atoms with Gasteiger partial charge in [0.15, 0.2) is 6.61 Å². The van der Waals surface area contributed by atoms with E-state index in [1.54, 1.807) is 24.3 Å². The molecular formula is C24H30N2O3. The van der Waals surface area contributed by atoms with Crippen molar-refractivity contribution >= 4 is 17.5 Å². The fourth-order valence-corrected chi connectivity index (χ4v) is 3.68. The van der Waals surface area contributed by atoms with Gasteiger partial charge in [0.2, 0.25) is 0 Å². The van der Waals surface area contributed by atoms with Crippen molar-refractivity contribution < 1.29 is 14.3 Å². The number of amides is 2. The van der Waals surface area contributed by atoms with Gasteiger partial charge in [0.05, 0.1) is 0 Å². The Morgan fingerprint density at radius 3 is 2.55 bits per heavy atom. The summed E-state index contributed by atoms with van der Waals surface area (Å²) in [5.74, 6) is 0.690. The van der Waals surface area contributed by atoms with Crippen LogP contribution in [0.4, 0.5) is 5.69 Å². The number of ether oxygens (including phenoxy) is 1. The second kappa shape index (κ2) is 10.1. The van der Waals surface area contributed by atoms with Gasteiger partial charge in [0.25, 0.3) is 11.8 Å². The summed E-state index contributed by atoms with van der Waals surface area (Å²) in [6, 6.07) is 15.0. The highest BCUT2D eigenvalue weighted by atomic mass is 16.5. The van der Waals surface area contributed by atoms with E-state index in [2.05, 4.69) is 24.5 Å². The average Bonchev–Trinajstić information content (AvgIpc) is 2.73. The normalized spacial score (nSPS) is 14.4. The maximum Gasteiger partial charge on any atom is 0.262 e. The van der Waals surface area contributed by atoms with Crippen molar-refractivity contribution in [3.63, 3.8) is 0 Å². The van der Waals surface area contributed by atoms with E-state index in [1.165, 1.54) is 19.3 Å². The summed E-state index contributed by atoms with van der Waals surface area (Å²) in [6.45, 7) is 4.10. The van der Waals surface area contributed by atoms with E-state index in [9.17, 15) is 9.59 Å². The number of benzene rings is 2. The molecule has 0 aromatic heterocycles. The van der Waals surface area contributed by atoms with Crippen molar-refractivity contribution in [1.82, 2.24) is 5.32 Å². The Bertz CT molecular complexity index is 842. The molecule has 2 amide bonds. The predicted molar refractivity (Wildman–Crippen MR) is 115 cm³/mol. The smallest absolute Gasteiger partial charge is 0.262 e. The largest absolute Gasteiger partial charge is 0.483 e. The van der Waals surface area contributed by atoms with Crippen molar-refractivity contribution in [2.45, 2.75) is 57.9 Å². The monoisotopic (exact) mass is 394 g/mol. The van der Waals surface area contributed by atoms with Gasteiger partial charge in [0, 0.05) is 17.3 Å². The Labute approximate surface area is 172 Å². The van der Waals surface area contributed by atoms with Gasteiger partial charge in [-0.05, 0) is 48.6 Å². The molecule has 1 aliphatic rings. The van der Waals surface area contributed by atoms with Gasteiger partial charge < -0.3 is 15.4 Å². The molecule has 29 heavy (non-hydrogen) atoms. The fourth-order valence-electron chi connectivity index (χ4n) is 3.68. The molecule has 3 rings (SSSR count). The minimum Gasteiger partial charge on any atom is -0.483 e. The molecule has 0 saturated heterocycles. The van der Waals surface area contributed by atoms with Crippen LogP contribution < -0.4 is 15.4 Å². The Kier molecular flexibility index (Phi) is 7.28. The number of anilines is 1. The first-order chi connectivity index (χ1) is 14.0. The molecule has 2 aromatic rings. The Morgan fingerprint density at radius 1 is 1.03 bits per heavy atom. The summed E-state index contributed by atoms with van der Waals surface area (Å²) in [6.07, 6.45) is 5.66. The molecule has 0 heterocycles. The summed E-state index contributed by atoms with van der Waals surface area (Å²) >= 11 is 0. The van der Waals surface area contributed by atoms with Gasteiger partial charge >= 0.3 is 0 Å². The summed E-state index contributed by atoms with van der Waals surface area (Å²) in [5, 5.41) is 5.92. The van der Waals surface area contributed by atoms with Crippen LogP contribution in [0.15, 0.2) is 48.5 Å². The first-order valence-corrected chi connectivity index (χ1v) is 10.5. The molecule has 0 unspecified atom stereocenters. The van der Waals surface area contributed by atoms with Crippen LogP contribution in [-0.2, 0) is 4.79 Å². The standard InChI is InChI=1S/C24H30N2O3/c1-17(2)21-13-6-7-14-22(21)29-16-23(27)25-20-12-8-9-18(15-20)24(28)26-19-10-4-3-5-11-19/h6-9,12-15,17,19H,3-5,10-11,16H2,1-2H3,(H,25,27)(H,26,28). The topological polar surface area (TPSA) is 67.4 Å². The lowest BCUT2D eigenvalue weighted by atomic mass is 9.95. The van der Waals surface area contributed by atoms with E-state index < -0.39 is 0 Å². The van der Waals surface area contributed by atoms with Crippen molar-refractivity contribution in [2.24, 2.45) is 0 Å². The summed E-state index contributed by atoms with van der Waals surface area (Å²) in [5.41, 5.74) is 2.22. The highest BCUT2D eigenvalue weighted by Crippen LogP contribution is 2.25. The van der Waals surface area contributed by atoms with Crippen LogP contribution >= 0.6 is 0 Å².